The van der Waals surface area contributed by atoms with E-state index in [1.165, 1.54) is 7.11 Å². The molecule has 3 rings (SSSR count). The quantitative estimate of drug-likeness (QED) is 0.747. The fourth-order valence-electron chi connectivity index (χ4n) is 3.36. The van der Waals surface area contributed by atoms with E-state index < -0.39 is 5.41 Å². The molecule has 0 aromatic heterocycles. The highest BCUT2D eigenvalue weighted by Crippen LogP contribution is 2.38. The summed E-state index contributed by atoms with van der Waals surface area (Å²) < 4.78 is 11.2. The number of carbonyl (C=O) groups excluding carboxylic acids is 2. The lowest BCUT2D eigenvalue weighted by Gasteiger charge is -2.28. The van der Waals surface area contributed by atoms with Crippen LogP contribution in [0.5, 0.6) is 11.5 Å². The van der Waals surface area contributed by atoms with E-state index in [-0.39, 0.29) is 11.8 Å². The van der Waals surface area contributed by atoms with Gasteiger partial charge in [-0.15, -0.1) is 0 Å². The Kier molecular flexibility index (Phi) is 6.34. The summed E-state index contributed by atoms with van der Waals surface area (Å²) in [6.07, 6.45) is 0.874. The Labute approximate surface area is 178 Å². The van der Waals surface area contributed by atoms with Crippen molar-refractivity contribution in [1.82, 2.24) is 0 Å². The lowest BCUT2D eigenvalue weighted by molar-refractivity contribution is -0.127. The van der Waals surface area contributed by atoms with Crippen molar-refractivity contribution in [2.75, 3.05) is 30.5 Å². The Morgan fingerprint density at radius 3 is 2.67 bits per heavy atom. The molecular weight excluding hydrogens is 380 g/mol. The van der Waals surface area contributed by atoms with Crippen LogP contribution < -0.4 is 19.7 Å². The zero-order chi connectivity index (χ0) is 21.9. The Hall–Kier alpha value is -3.02. The normalized spacial score (nSPS) is 15.3. The van der Waals surface area contributed by atoms with Crippen molar-refractivity contribution < 1.29 is 19.1 Å². The van der Waals surface area contributed by atoms with Gasteiger partial charge >= 0.3 is 0 Å². The van der Waals surface area contributed by atoms with Gasteiger partial charge in [-0.1, -0.05) is 26.0 Å². The molecule has 6 nitrogen and oxygen atoms in total. The van der Waals surface area contributed by atoms with Gasteiger partial charge in [-0.3, -0.25) is 9.59 Å². The van der Waals surface area contributed by atoms with E-state index in [4.69, 9.17) is 9.47 Å². The number of methoxy groups -OCH3 is 1. The van der Waals surface area contributed by atoms with Crippen LogP contribution in [-0.2, 0) is 4.79 Å². The summed E-state index contributed by atoms with van der Waals surface area (Å²) in [6, 6.07) is 12.5. The second-order valence-corrected chi connectivity index (χ2v) is 8.65. The number of carbonyl (C=O) groups is 2. The topological polar surface area (TPSA) is 67.9 Å². The zero-order valence-electron chi connectivity index (χ0n) is 18.3. The zero-order valence-corrected chi connectivity index (χ0v) is 18.3. The van der Waals surface area contributed by atoms with Crippen molar-refractivity contribution in [3.8, 4) is 11.5 Å². The number of anilines is 2. The van der Waals surface area contributed by atoms with Gasteiger partial charge in [0.1, 0.15) is 18.1 Å². The maximum absolute atomic E-state index is 13.2. The molecule has 0 aliphatic carbocycles. The van der Waals surface area contributed by atoms with Crippen LogP contribution in [0.2, 0.25) is 0 Å². The minimum atomic E-state index is -0.628. The van der Waals surface area contributed by atoms with Crippen molar-refractivity contribution in [2.24, 2.45) is 11.3 Å². The Morgan fingerprint density at radius 1 is 1.23 bits per heavy atom. The smallest absolute Gasteiger partial charge is 0.259 e. The first kappa shape index (κ1) is 21.7. The molecule has 160 valence electrons. The van der Waals surface area contributed by atoms with E-state index >= 15 is 0 Å². The van der Waals surface area contributed by atoms with Crippen molar-refractivity contribution in [1.29, 1.82) is 0 Å². The molecule has 0 unspecified atom stereocenters. The van der Waals surface area contributed by atoms with Gasteiger partial charge in [-0.2, -0.15) is 0 Å². The second-order valence-electron chi connectivity index (χ2n) is 8.65. The van der Waals surface area contributed by atoms with Crippen LogP contribution in [0.25, 0.3) is 0 Å². The van der Waals surface area contributed by atoms with Gasteiger partial charge in [-0.05, 0) is 56.5 Å². The summed E-state index contributed by atoms with van der Waals surface area (Å²) in [5.74, 6) is 1.36. The van der Waals surface area contributed by atoms with Crippen LogP contribution in [0.3, 0.4) is 0 Å². The average Bonchev–Trinajstić information content (AvgIpc) is 2.81. The molecule has 1 N–H and O–H groups in total. The highest BCUT2D eigenvalue weighted by Gasteiger charge is 2.37. The number of nitrogens with zero attached hydrogens (tertiary/aromatic N) is 1. The summed E-state index contributed by atoms with van der Waals surface area (Å²) in [7, 11) is 1.53. The van der Waals surface area contributed by atoms with Crippen molar-refractivity contribution in [2.45, 2.75) is 34.1 Å². The molecule has 0 spiro atoms. The summed E-state index contributed by atoms with van der Waals surface area (Å²) in [6.45, 7) is 8.97. The molecule has 6 heteroatoms. The van der Waals surface area contributed by atoms with Crippen LogP contribution in [0.1, 0.15) is 44.5 Å². The third-order valence-electron chi connectivity index (χ3n) is 5.20. The molecule has 0 atom stereocenters. The van der Waals surface area contributed by atoms with Crippen LogP contribution in [0.4, 0.5) is 11.4 Å². The largest absolute Gasteiger partial charge is 0.496 e. The molecule has 30 heavy (non-hydrogen) atoms. The van der Waals surface area contributed by atoms with Crippen LogP contribution in [-0.4, -0.2) is 32.1 Å². The fourth-order valence-corrected chi connectivity index (χ4v) is 3.36. The number of nitrogens with one attached hydrogen (secondary N) is 1. The first-order valence-electron chi connectivity index (χ1n) is 10.3. The third kappa shape index (κ3) is 4.58. The lowest BCUT2D eigenvalue weighted by Crippen LogP contribution is -2.42. The van der Waals surface area contributed by atoms with Gasteiger partial charge in [0.2, 0.25) is 5.91 Å². The van der Waals surface area contributed by atoms with Crippen LogP contribution >= 0.6 is 0 Å². The van der Waals surface area contributed by atoms with Crippen molar-refractivity contribution in [3.63, 3.8) is 0 Å². The van der Waals surface area contributed by atoms with Crippen LogP contribution in [0, 0.1) is 11.3 Å². The van der Waals surface area contributed by atoms with Gasteiger partial charge in [0, 0.05) is 12.2 Å². The number of para-hydroxylation sites is 1. The van der Waals surface area contributed by atoms with Crippen molar-refractivity contribution in [3.05, 3.63) is 48.0 Å². The number of fused-ring (bicyclic) bond motifs is 1. The van der Waals surface area contributed by atoms with E-state index in [1.807, 2.05) is 32.0 Å². The van der Waals surface area contributed by atoms with E-state index in [1.54, 1.807) is 29.2 Å². The number of benzene rings is 2. The highest BCUT2D eigenvalue weighted by molar-refractivity contribution is 6.07. The molecule has 0 saturated heterocycles. The maximum Gasteiger partial charge on any atom is 0.259 e. The molecule has 0 fully saturated rings. The molecule has 2 aromatic carbocycles. The molecule has 2 aromatic rings. The highest BCUT2D eigenvalue weighted by atomic mass is 16.5. The SMILES string of the molecule is COc1ccccc1C(=O)Nc1ccc2c(c1)N(CCC(C)C)C(=O)C(C)(C)CO2. The van der Waals surface area contributed by atoms with Gasteiger partial charge in [0.05, 0.1) is 23.8 Å². The van der Waals surface area contributed by atoms with E-state index in [2.05, 4.69) is 19.2 Å². The maximum atomic E-state index is 13.2. The van der Waals surface area contributed by atoms with Gasteiger partial charge in [0.15, 0.2) is 0 Å². The second kappa shape index (κ2) is 8.78. The van der Waals surface area contributed by atoms with Crippen molar-refractivity contribution >= 4 is 23.2 Å². The minimum absolute atomic E-state index is 0.0232. The Morgan fingerprint density at radius 2 is 1.97 bits per heavy atom. The van der Waals surface area contributed by atoms with E-state index in [9.17, 15) is 9.59 Å². The molecule has 0 bridgehead atoms. The first-order chi connectivity index (χ1) is 14.2. The number of hydrogen-bond acceptors (Lipinski definition) is 4. The summed E-state index contributed by atoms with van der Waals surface area (Å²) in [5, 5.41) is 2.91. The Bertz CT molecular complexity index is 937. The monoisotopic (exact) mass is 410 g/mol. The predicted octanol–water partition coefficient (Wildman–Crippen LogP) is 4.75. The number of hydrogen-bond donors (Lipinski definition) is 1. The standard InChI is InChI=1S/C24H30N2O4/c1-16(2)12-13-26-19-14-17(10-11-21(19)30-15-24(3,4)23(26)28)25-22(27)18-8-6-7-9-20(18)29-5/h6-11,14,16H,12-13,15H2,1-5H3,(H,25,27). The predicted molar refractivity (Wildman–Crippen MR) is 118 cm³/mol. The summed E-state index contributed by atoms with van der Waals surface area (Å²) >= 11 is 0. The van der Waals surface area contributed by atoms with Crippen LogP contribution in [0.15, 0.2) is 42.5 Å². The van der Waals surface area contributed by atoms with E-state index in [0.717, 1.165) is 6.42 Å². The first-order valence-corrected chi connectivity index (χ1v) is 10.3. The molecule has 1 aliphatic heterocycles. The summed E-state index contributed by atoms with van der Waals surface area (Å²) in [5.41, 5.74) is 1.09. The van der Waals surface area contributed by atoms with Gasteiger partial charge < -0.3 is 19.7 Å². The lowest BCUT2D eigenvalue weighted by atomic mass is 9.92. The number of ether oxygens (including phenoxy) is 2. The fraction of sp³-hybridized carbons (Fsp3) is 0.417. The third-order valence-corrected chi connectivity index (χ3v) is 5.20. The molecule has 1 heterocycles. The average molecular weight is 411 g/mol. The van der Waals surface area contributed by atoms with E-state index in [0.29, 0.717) is 47.5 Å². The Balaban J connectivity index is 1.93. The number of rotatable bonds is 6. The summed E-state index contributed by atoms with van der Waals surface area (Å²) in [4.78, 5) is 27.8. The minimum Gasteiger partial charge on any atom is -0.496 e. The molecule has 2 amide bonds. The van der Waals surface area contributed by atoms with Gasteiger partial charge in [0.25, 0.3) is 5.91 Å². The van der Waals surface area contributed by atoms with Gasteiger partial charge in [-0.25, -0.2) is 0 Å². The molecular formula is C24H30N2O4. The molecule has 1 aliphatic rings. The molecule has 0 radical (unpaired) electrons. The number of amides is 2. The molecule has 0 saturated carbocycles.